The second kappa shape index (κ2) is 10.3. The molecule has 1 aliphatic rings. The molecule has 1 aliphatic carbocycles. The Morgan fingerprint density at radius 3 is 2.79 bits per heavy atom. The summed E-state index contributed by atoms with van der Waals surface area (Å²) in [6, 6.07) is 5.59. The molecule has 0 atom stereocenters. The molecular weight excluding hydrogens is 392 g/mol. The Bertz CT molecular complexity index is 862. The minimum atomic E-state index is -0.899. The Hall–Kier alpha value is -2.55. The number of carboxylic acids is 1. The van der Waals surface area contributed by atoms with E-state index in [0.717, 1.165) is 48.8 Å². The topological polar surface area (TPSA) is 98.8 Å². The smallest absolute Gasteiger partial charge is 0.313 e. The van der Waals surface area contributed by atoms with E-state index in [0.29, 0.717) is 29.2 Å². The zero-order valence-corrected chi connectivity index (χ0v) is 17.5. The molecule has 1 aromatic heterocycles. The van der Waals surface area contributed by atoms with E-state index in [1.807, 2.05) is 25.1 Å². The highest BCUT2D eigenvalue weighted by atomic mass is 32.2. The molecule has 0 unspecified atom stereocenters. The Labute approximate surface area is 174 Å². The van der Waals surface area contributed by atoms with Crippen LogP contribution < -0.4 is 9.47 Å². The molecular formula is C20H26N4O4S. The molecule has 2 aromatic rings. The zero-order chi connectivity index (χ0) is 20.6. The van der Waals surface area contributed by atoms with E-state index in [1.54, 1.807) is 18.0 Å². The number of hydrogen-bond acceptors (Lipinski definition) is 7. The SMILES string of the molecule is CCOc1ccc(/C=N\n2c(SCC(=O)O)nnc2C2CCCCC2)cc1OC. The first-order chi connectivity index (χ1) is 14.1. The first-order valence-corrected chi connectivity index (χ1v) is 10.8. The molecule has 156 valence electrons. The van der Waals surface area contributed by atoms with Crippen LogP contribution in [0.1, 0.15) is 56.3 Å². The fourth-order valence-electron chi connectivity index (χ4n) is 3.38. The summed E-state index contributed by atoms with van der Waals surface area (Å²) in [7, 11) is 1.60. The van der Waals surface area contributed by atoms with Crippen molar-refractivity contribution in [1.29, 1.82) is 0 Å². The number of ether oxygens (including phenoxy) is 2. The Morgan fingerprint density at radius 2 is 2.10 bits per heavy atom. The van der Waals surface area contributed by atoms with Gasteiger partial charge >= 0.3 is 5.97 Å². The molecule has 0 spiro atoms. The summed E-state index contributed by atoms with van der Waals surface area (Å²) in [5.41, 5.74) is 0.836. The monoisotopic (exact) mass is 418 g/mol. The zero-order valence-electron chi connectivity index (χ0n) is 16.7. The molecule has 1 N–H and O–H groups in total. The summed E-state index contributed by atoms with van der Waals surface area (Å²) in [5.74, 6) is 1.41. The van der Waals surface area contributed by atoms with Gasteiger partial charge in [0.05, 0.1) is 25.7 Å². The molecule has 0 amide bonds. The number of carbonyl (C=O) groups is 1. The maximum absolute atomic E-state index is 11.0. The Morgan fingerprint density at radius 1 is 1.31 bits per heavy atom. The van der Waals surface area contributed by atoms with Crippen LogP contribution in [0.5, 0.6) is 11.5 Å². The molecule has 8 nitrogen and oxygen atoms in total. The third-order valence-corrected chi connectivity index (χ3v) is 5.65. The third kappa shape index (κ3) is 5.50. The minimum absolute atomic E-state index is 0.0881. The van der Waals surface area contributed by atoms with Gasteiger partial charge in [0.1, 0.15) is 0 Å². The minimum Gasteiger partial charge on any atom is -0.493 e. The summed E-state index contributed by atoms with van der Waals surface area (Å²) in [4.78, 5) is 11.0. The average molecular weight is 419 g/mol. The second-order valence-electron chi connectivity index (χ2n) is 6.76. The lowest BCUT2D eigenvalue weighted by Crippen LogP contribution is -2.11. The van der Waals surface area contributed by atoms with Crippen molar-refractivity contribution in [3.05, 3.63) is 29.6 Å². The van der Waals surface area contributed by atoms with Crippen LogP contribution in [0.4, 0.5) is 0 Å². The number of nitrogens with zero attached hydrogens (tertiary/aromatic N) is 4. The molecule has 3 rings (SSSR count). The van der Waals surface area contributed by atoms with Crippen LogP contribution in [0.15, 0.2) is 28.5 Å². The van der Waals surface area contributed by atoms with Crippen molar-refractivity contribution in [1.82, 2.24) is 14.9 Å². The molecule has 0 radical (unpaired) electrons. The number of aliphatic carboxylic acids is 1. The largest absolute Gasteiger partial charge is 0.493 e. The molecule has 1 aromatic carbocycles. The molecule has 1 fully saturated rings. The van der Waals surface area contributed by atoms with Crippen LogP contribution in [0.25, 0.3) is 0 Å². The van der Waals surface area contributed by atoms with Crippen molar-refractivity contribution in [3.63, 3.8) is 0 Å². The number of carboxylic acid groups (broad SMARTS) is 1. The summed E-state index contributed by atoms with van der Waals surface area (Å²) >= 11 is 1.12. The van der Waals surface area contributed by atoms with E-state index in [-0.39, 0.29) is 5.75 Å². The van der Waals surface area contributed by atoms with Gasteiger partial charge in [0.15, 0.2) is 17.3 Å². The quantitative estimate of drug-likeness (QED) is 0.488. The van der Waals surface area contributed by atoms with Crippen LogP contribution in [-0.2, 0) is 4.79 Å². The van der Waals surface area contributed by atoms with Gasteiger partial charge in [-0.05, 0) is 43.5 Å². The van der Waals surface area contributed by atoms with Crippen molar-refractivity contribution in [2.75, 3.05) is 19.5 Å². The van der Waals surface area contributed by atoms with Crippen molar-refractivity contribution < 1.29 is 19.4 Å². The highest BCUT2D eigenvalue weighted by Crippen LogP contribution is 2.33. The van der Waals surface area contributed by atoms with Crippen LogP contribution in [0.3, 0.4) is 0 Å². The summed E-state index contributed by atoms with van der Waals surface area (Å²) in [6.45, 7) is 2.48. The van der Waals surface area contributed by atoms with Crippen molar-refractivity contribution in [3.8, 4) is 11.5 Å². The average Bonchev–Trinajstić information content (AvgIpc) is 3.15. The first kappa shape index (κ1) is 21.2. The Balaban J connectivity index is 1.89. The van der Waals surface area contributed by atoms with Crippen molar-refractivity contribution >= 4 is 23.9 Å². The van der Waals surface area contributed by atoms with Gasteiger partial charge in [-0.15, -0.1) is 10.2 Å². The third-order valence-electron chi connectivity index (χ3n) is 4.74. The maximum atomic E-state index is 11.0. The molecule has 29 heavy (non-hydrogen) atoms. The summed E-state index contributed by atoms with van der Waals surface area (Å²) < 4.78 is 12.6. The molecule has 0 bridgehead atoms. The van der Waals surface area contributed by atoms with E-state index in [2.05, 4.69) is 15.3 Å². The molecule has 9 heteroatoms. The van der Waals surface area contributed by atoms with Gasteiger partial charge in [-0.2, -0.15) is 9.78 Å². The van der Waals surface area contributed by atoms with E-state index < -0.39 is 5.97 Å². The number of methoxy groups -OCH3 is 1. The summed E-state index contributed by atoms with van der Waals surface area (Å²) in [6.07, 6.45) is 7.37. The lowest BCUT2D eigenvalue weighted by atomic mass is 9.89. The number of hydrogen-bond donors (Lipinski definition) is 1. The number of thioether (sulfide) groups is 1. The van der Waals surface area contributed by atoms with Crippen molar-refractivity contribution in [2.45, 2.75) is 50.1 Å². The van der Waals surface area contributed by atoms with E-state index in [9.17, 15) is 4.79 Å². The predicted molar refractivity (Wildman–Crippen MR) is 111 cm³/mol. The number of benzene rings is 1. The van der Waals surface area contributed by atoms with Gasteiger partial charge in [0.25, 0.3) is 0 Å². The van der Waals surface area contributed by atoms with Gasteiger partial charge in [-0.3, -0.25) is 4.79 Å². The first-order valence-electron chi connectivity index (χ1n) is 9.77. The van der Waals surface area contributed by atoms with Crippen molar-refractivity contribution in [2.24, 2.45) is 5.10 Å². The van der Waals surface area contributed by atoms with Gasteiger partial charge in [-0.1, -0.05) is 31.0 Å². The van der Waals surface area contributed by atoms with E-state index in [1.165, 1.54) is 6.42 Å². The molecule has 1 heterocycles. The van der Waals surface area contributed by atoms with E-state index in [4.69, 9.17) is 14.6 Å². The number of aromatic nitrogens is 3. The molecule has 0 aliphatic heterocycles. The Kier molecular flexibility index (Phi) is 7.51. The standard InChI is InChI=1S/C20H26N4O4S/c1-3-28-16-10-9-14(11-17(16)27-2)12-21-24-19(15-7-5-4-6-8-15)22-23-20(24)29-13-18(25)26/h9-12,15H,3-8,13H2,1-2H3,(H,25,26)/b21-12-. The van der Waals surface area contributed by atoms with Crippen LogP contribution >= 0.6 is 11.8 Å². The molecule has 1 saturated carbocycles. The highest BCUT2D eigenvalue weighted by molar-refractivity contribution is 7.99. The highest BCUT2D eigenvalue weighted by Gasteiger charge is 2.24. The van der Waals surface area contributed by atoms with Gasteiger partial charge in [0.2, 0.25) is 5.16 Å². The second-order valence-corrected chi connectivity index (χ2v) is 7.70. The van der Waals surface area contributed by atoms with Gasteiger partial charge < -0.3 is 14.6 Å². The number of rotatable bonds is 9. The fraction of sp³-hybridized carbons (Fsp3) is 0.500. The van der Waals surface area contributed by atoms with Crippen LogP contribution in [0, 0.1) is 0 Å². The molecule has 0 saturated heterocycles. The fourth-order valence-corrected chi connectivity index (χ4v) is 3.99. The van der Waals surface area contributed by atoms with E-state index >= 15 is 0 Å². The normalized spacial score (nSPS) is 15.0. The maximum Gasteiger partial charge on any atom is 0.313 e. The summed E-state index contributed by atoms with van der Waals surface area (Å²) in [5, 5.41) is 22.6. The van der Waals surface area contributed by atoms with Gasteiger partial charge in [0, 0.05) is 5.92 Å². The van der Waals surface area contributed by atoms with Crippen LogP contribution in [-0.4, -0.2) is 51.6 Å². The van der Waals surface area contributed by atoms with Gasteiger partial charge in [-0.25, -0.2) is 0 Å². The van der Waals surface area contributed by atoms with Crippen LogP contribution in [0.2, 0.25) is 0 Å². The lowest BCUT2D eigenvalue weighted by molar-refractivity contribution is -0.133. The lowest BCUT2D eigenvalue weighted by Gasteiger charge is -2.20. The predicted octanol–water partition coefficient (Wildman–Crippen LogP) is 3.79.